The highest BCUT2D eigenvalue weighted by Crippen LogP contribution is 2.48. The van der Waals surface area contributed by atoms with Gasteiger partial charge in [0.2, 0.25) is 0 Å². The highest BCUT2D eigenvalue weighted by atomic mass is 28.3. The Kier molecular flexibility index (Phi) is 7.32. The maximum absolute atomic E-state index is 12.4. The molecule has 0 saturated carbocycles. The molecule has 0 aromatic heterocycles. The molecule has 182 valence electrons. The monoisotopic (exact) mass is 485 g/mol. The van der Waals surface area contributed by atoms with Crippen LogP contribution >= 0.6 is 0 Å². The molecule has 1 fully saturated rings. The molecular formula is C29H35N3O2Si. The number of hydrogen-bond acceptors (Lipinski definition) is 4. The first-order chi connectivity index (χ1) is 16.7. The molecule has 1 amide bonds. The second-order valence-corrected chi connectivity index (χ2v) is 15.0. The van der Waals surface area contributed by atoms with E-state index in [0.717, 1.165) is 5.57 Å². The van der Waals surface area contributed by atoms with Crippen LogP contribution in [0.25, 0.3) is 0 Å². The summed E-state index contributed by atoms with van der Waals surface area (Å²) in [7, 11) is 4.18. The Morgan fingerprint density at radius 1 is 0.886 bits per heavy atom. The van der Waals surface area contributed by atoms with Crippen LogP contribution in [0.1, 0.15) is 23.2 Å². The van der Waals surface area contributed by atoms with E-state index in [1.165, 1.54) is 23.1 Å². The fraction of sp³-hybridized carbons (Fsp3) is 0.345. The Bertz CT molecular complexity index is 1110. The number of carbonyl (C=O) groups is 1. The van der Waals surface area contributed by atoms with Gasteiger partial charge in [-0.05, 0) is 36.9 Å². The van der Waals surface area contributed by atoms with Gasteiger partial charge in [-0.3, -0.25) is 14.7 Å². The third-order valence-electron chi connectivity index (χ3n) is 6.60. The SMILES string of the molecule is COC(=O)N1C=C[C@H](C#C[Si](C)(C)C)C(C2N(C)[C@@H](c3ccccc3)[C@H](c3ccccc3)N2C)=C1. The van der Waals surface area contributed by atoms with E-state index in [4.69, 9.17) is 4.74 Å². The summed E-state index contributed by atoms with van der Waals surface area (Å²) in [5.41, 5.74) is 7.15. The molecule has 6 heteroatoms. The molecule has 0 N–H and O–H groups in total. The average molecular weight is 486 g/mol. The first-order valence-corrected chi connectivity index (χ1v) is 15.5. The van der Waals surface area contributed by atoms with Gasteiger partial charge in [0.1, 0.15) is 8.07 Å². The Balaban J connectivity index is 1.82. The van der Waals surface area contributed by atoms with Crippen molar-refractivity contribution in [3.8, 4) is 11.5 Å². The van der Waals surface area contributed by atoms with E-state index < -0.39 is 14.2 Å². The van der Waals surface area contributed by atoms with Crippen molar-refractivity contribution in [2.75, 3.05) is 21.2 Å². The normalized spacial score (nSPS) is 23.5. The molecule has 0 spiro atoms. The highest BCUT2D eigenvalue weighted by molar-refractivity contribution is 6.83. The van der Waals surface area contributed by atoms with Crippen molar-refractivity contribution < 1.29 is 9.53 Å². The molecule has 2 aliphatic heterocycles. The zero-order chi connectivity index (χ0) is 25.2. The summed E-state index contributed by atoms with van der Waals surface area (Å²) in [6.45, 7) is 6.75. The summed E-state index contributed by atoms with van der Waals surface area (Å²) in [6, 6.07) is 21.6. The van der Waals surface area contributed by atoms with Crippen LogP contribution in [0.4, 0.5) is 4.79 Å². The van der Waals surface area contributed by atoms with Gasteiger partial charge in [-0.1, -0.05) is 86.2 Å². The fourth-order valence-electron chi connectivity index (χ4n) is 5.09. The zero-order valence-electron chi connectivity index (χ0n) is 21.5. The largest absolute Gasteiger partial charge is 0.452 e. The van der Waals surface area contributed by atoms with Crippen LogP contribution in [0.2, 0.25) is 19.6 Å². The predicted octanol–water partition coefficient (Wildman–Crippen LogP) is 5.65. The van der Waals surface area contributed by atoms with Gasteiger partial charge < -0.3 is 4.74 Å². The molecule has 0 aliphatic carbocycles. The van der Waals surface area contributed by atoms with Crippen molar-refractivity contribution in [2.24, 2.45) is 5.92 Å². The summed E-state index contributed by atoms with van der Waals surface area (Å²) in [5.74, 6) is 3.46. The number of methoxy groups -OCH3 is 1. The molecular weight excluding hydrogens is 450 g/mol. The fourth-order valence-corrected chi connectivity index (χ4v) is 5.68. The third kappa shape index (κ3) is 5.28. The van der Waals surface area contributed by atoms with Crippen LogP contribution in [0.15, 0.2) is 84.7 Å². The van der Waals surface area contributed by atoms with E-state index in [0.29, 0.717) is 0 Å². The Labute approximate surface area is 210 Å². The number of ether oxygens (including phenoxy) is 1. The smallest absolute Gasteiger partial charge is 0.417 e. The van der Waals surface area contributed by atoms with Crippen molar-refractivity contribution in [1.29, 1.82) is 0 Å². The van der Waals surface area contributed by atoms with Crippen LogP contribution in [-0.2, 0) is 4.74 Å². The van der Waals surface area contributed by atoms with Crippen molar-refractivity contribution in [3.05, 3.63) is 95.8 Å². The topological polar surface area (TPSA) is 36.0 Å². The number of hydrogen-bond donors (Lipinski definition) is 0. The van der Waals surface area contributed by atoms with Crippen molar-refractivity contribution in [2.45, 2.75) is 37.9 Å². The first kappa shape index (κ1) is 25.0. The number of carbonyl (C=O) groups excluding carboxylic acids is 1. The van der Waals surface area contributed by atoms with Gasteiger partial charge in [0.25, 0.3) is 0 Å². The summed E-state index contributed by atoms with van der Waals surface area (Å²) >= 11 is 0. The van der Waals surface area contributed by atoms with Crippen LogP contribution in [-0.4, -0.2) is 56.2 Å². The number of likely N-dealkylation sites (N-methyl/N-ethyl adjacent to an activating group) is 2. The van der Waals surface area contributed by atoms with Gasteiger partial charge >= 0.3 is 6.09 Å². The number of amides is 1. The number of nitrogens with zero attached hydrogens (tertiary/aromatic N) is 3. The molecule has 0 radical (unpaired) electrons. The maximum Gasteiger partial charge on any atom is 0.417 e. The second-order valence-electron chi connectivity index (χ2n) is 10.3. The van der Waals surface area contributed by atoms with Crippen LogP contribution in [0, 0.1) is 17.4 Å². The van der Waals surface area contributed by atoms with Crippen LogP contribution in [0.3, 0.4) is 0 Å². The average Bonchev–Trinajstić information content (AvgIpc) is 3.12. The molecule has 2 aliphatic rings. The lowest BCUT2D eigenvalue weighted by atomic mass is 9.93. The molecule has 0 bridgehead atoms. The van der Waals surface area contributed by atoms with E-state index in [9.17, 15) is 4.79 Å². The second kappa shape index (κ2) is 10.2. The summed E-state index contributed by atoms with van der Waals surface area (Å²) in [4.78, 5) is 18.8. The van der Waals surface area contributed by atoms with E-state index in [2.05, 4.69) is 116 Å². The van der Waals surface area contributed by atoms with Crippen molar-refractivity contribution in [3.63, 3.8) is 0 Å². The van der Waals surface area contributed by atoms with Crippen LogP contribution < -0.4 is 0 Å². The predicted molar refractivity (Wildman–Crippen MR) is 144 cm³/mol. The van der Waals surface area contributed by atoms with Gasteiger partial charge in [-0.15, -0.1) is 5.54 Å². The summed E-state index contributed by atoms with van der Waals surface area (Å²) < 4.78 is 5.02. The Morgan fingerprint density at radius 3 is 1.86 bits per heavy atom. The van der Waals surface area contributed by atoms with E-state index >= 15 is 0 Å². The number of allylic oxidation sites excluding steroid dienone is 1. The lowest BCUT2D eigenvalue weighted by Gasteiger charge is -2.34. The number of benzene rings is 2. The van der Waals surface area contributed by atoms with Gasteiger partial charge in [0.15, 0.2) is 0 Å². The molecule has 2 heterocycles. The highest BCUT2D eigenvalue weighted by Gasteiger charge is 2.47. The molecule has 1 saturated heterocycles. The zero-order valence-corrected chi connectivity index (χ0v) is 22.5. The molecule has 3 atom stereocenters. The minimum Gasteiger partial charge on any atom is -0.452 e. The molecule has 2 aromatic carbocycles. The molecule has 2 aromatic rings. The van der Waals surface area contributed by atoms with E-state index in [1.54, 1.807) is 6.20 Å². The minimum absolute atomic E-state index is 0.0524. The minimum atomic E-state index is -1.58. The molecule has 0 unspecified atom stereocenters. The quantitative estimate of drug-likeness (QED) is 0.416. The number of rotatable bonds is 3. The third-order valence-corrected chi connectivity index (χ3v) is 7.50. The summed E-state index contributed by atoms with van der Waals surface area (Å²) in [6.07, 6.45) is 5.26. The Morgan fingerprint density at radius 2 is 1.40 bits per heavy atom. The Hall–Kier alpha value is -3.11. The lowest BCUT2D eigenvalue weighted by Crippen LogP contribution is -2.41. The first-order valence-electron chi connectivity index (χ1n) is 12.0. The van der Waals surface area contributed by atoms with Gasteiger partial charge in [0, 0.05) is 12.4 Å². The lowest BCUT2D eigenvalue weighted by molar-refractivity contribution is 0.148. The molecule has 5 nitrogen and oxygen atoms in total. The summed E-state index contributed by atoms with van der Waals surface area (Å²) in [5, 5.41) is 0. The van der Waals surface area contributed by atoms with Gasteiger partial charge in [0.05, 0.1) is 31.3 Å². The maximum atomic E-state index is 12.4. The standard InChI is InChI=1S/C29H35N3O2Si/c1-30-26(23-13-9-7-10-14-23)27(24-15-11-8-12-16-24)31(2)28(30)25-21-32(29(33)34-3)19-17-22(25)18-20-35(4,5)6/h7-17,19,21-22,26-28H,1-6H3/t22-,26+,27+/m1/s1. The van der Waals surface area contributed by atoms with Crippen molar-refractivity contribution in [1.82, 2.24) is 14.7 Å². The van der Waals surface area contributed by atoms with Crippen molar-refractivity contribution >= 4 is 14.2 Å². The molecule has 4 rings (SSSR count). The van der Waals surface area contributed by atoms with E-state index in [-0.39, 0.29) is 24.2 Å². The molecule has 35 heavy (non-hydrogen) atoms. The van der Waals surface area contributed by atoms with E-state index in [1.807, 2.05) is 12.3 Å². The van der Waals surface area contributed by atoms with Crippen LogP contribution in [0.5, 0.6) is 0 Å². The van der Waals surface area contributed by atoms with Gasteiger partial charge in [-0.25, -0.2) is 4.79 Å². The van der Waals surface area contributed by atoms with Gasteiger partial charge in [-0.2, -0.15) is 0 Å².